The third-order valence-electron chi connectivity index (χ3n) is 3.43. The van der Waals surface area contributed by atoms with Gasteiger partial charge >= 0.3 is 0 Å². The number of sulfonamides is 1. The number of piperazine rings is 1. The highest BCUT2D eigenvalue weighted by Gasteiger charge is 2.31. The van der Waals surface area contributed by atoms with E-state index in [1.54, 1.807) is 23.1 Å². The first-order valence-electron chi connectivity index (χ1n) is 6.45. The Morgan fingerprint density at radius 1 is 1.24 bits per heavy atom. The molecule has 1 amide bonds. The number of carbonyl (C=O) groups is 1. The van der Waals surface area contributed by atoms with Gasteiger partial charge in [-0.05, 0) is 40.8 Å². The summed E-state index contributed by atoms with van der Waals surface area (Å²) in [6.07, 6.45) is 0. The van der Waals surface area contributed by atoms with Gasteiger partial charge in [0.2, 0.25) is 15.9 Å². The minimum Gasteiger partial charge on any atom is -0.495 e. The number of hydrogen-bond donors (Lipinski definition) is 0. The maximum Gasteiger partial charge on any atom is 0.246 e. The molecule has 0 aliphatic carbocycles. The lowest BCUT2D eigenvalue weighted by Crippen LogP contribution is -2.49. The Hall–Kier alpha value is -0.870. The standard InChI is InChI=1S/C13H17IN2O4S/c1-10(17)15-5-7-16(8-6-15)21(18,19)13-9-11(14)3-4-12(13)20-2/h3-4,9H,5-8H2,1-2H3. The smallest absolute Gasteiger partial charge is 0.246 e. The summed E-state index contributed by atoms with van der Waals surface area (Å²) in [5, 5.41) is 0. The molecule has 0 radical (unpaired) electrons. The van der Waals surface area contributed by atoms with Crippen LogP contribution in [0.25, 0.3) is 0 Å². The van der Waals surface area contributed by atoms with Crippen LogP contribution in [0.1, 0.15) is 6.92 Å². The van der Waals surface area contributed by atoms with Crippen LogP contribution in [0.3, 0.4) is 0 Å². The molecule has 1 saturated heterocycles. The molecule has 1 aromatic rings. The van der Waals surface area contributed by atoms with Gasteiger partial charge in [0.1, 0.15) is 10.6 Å². The first-order valence-corrected chi connectivity index (χ1v) is 8.97. The van der Waals surface area contributed by atoms with Gasteiger partial charge in [-0.1, -0.05) is 0 Å². The predicted octanol–water partition coefficient (Wildman–Crippen LogP) is 1.15. The van der Waals surface area contributed by atoms with E-state index in [1.165, 1.54) is 18.3 Å². The SMILES string of the molecule is COc1ccc(I)cc1S(=O)(=O)N1CCN(C(C)=O)CC1. The van der Waals surface area contributed by atoms with Gasteiger partial charge in [0.15, 0.2) is 0 Å². The van der Waals surface area contributed by atoms with E-state index in [-0.39, 0.29) is 10.8 Å². The van der Waals surface area contributed by atoms with Gasteiger partial charge in [0.05, 0.1) is 7.11 Å². The van der Waals surface area contributed by atoms with Crippen LogP contribution in [0.15, 0.2) is 23.1 Å². The lowest BCUT2D eigenvalue weighted by Gasteiger charge is -2.33. The lowest BCUT2D eigenvalue weighted by molar-refractivity contribution is -0.129. The van der Waals surface area contributed by atoms with Gasteiger partial charge in [-0.25, -0.2) is 8.42 Å². The summed E-state index contributed by atoms with van der Waals surface area (Å²) in [4.78, 5) is 13.1. The summed E-state index contributed by atoms with van der Waals surface area (Å²) in [5.74, 6) is 0.309. The van der Waals surface area contributed by atoms with Crippen molar-refractivity contribution in [3.05, 3.63) is 21.8 Å². The average Bonchev–Trinajstić information content (AvgIpc) is 2.47. The summed E-state index contributed by atoms with van der Waals surface area (Å²) < 4.78 is 32.9. The van der Waals surface area contributed by atoms with E-state index in [2.05, 4.69) is 22.6 Å². The lowest BCUT2D eigenvalue weighted by atomic mass is 10.3. The summed E-state index contributed by atoms with van der Waals surface area (Å²) >= 11 is 2.07. The van der Waals surface area contributed by atoms with Crippen molar-refractivity contribution in [1.82, 2.24) is 9.21 Å². The van der Waals surface area contributed by atoms with Crippen LogP contribution in [0.4, 0.5) is 0 Å². The number of ether oxygens (including phenoxy) is 1. The van der Waals surface area contributed by atoms with Crippen LogP contribution in [0, 0.1) is 3.57 Å². The van der Waals surface area contributed by atoms with Crippen LogP contribution < -0.4 is 4.74 Å². The van der Waals surface area contributed by atoms with Crippen molar-refractivity contribution >= 4 is 38.5 Å². The Morgan fingerprint density at radius 3 is 2.38 bits per heavy atom. The normalized spacial score (nSPS) is 16.8. The second-order valence-corrected chi connectivity index (χ2v) is 7.86. The second-order valence-electron chi connectivity index (χ2n) is 4.71. The summed E-state index contributed by atoms with van der Waals surface area (Å²) in [6, 6.07) is 5.05. The summed E-state index contributed by atoms with van der Waals surface area (Å²) in [5.41, 5.74) is 0. The molecule has 0 unspecified atom stereocenters. The largest absolute Gasteiger partial charge is 0.495 e. The Kier molecular flexibility index (Phi) is 5.10. The van der Waals surface area contributed by atoms with E-state index in [9.17, 15) is 13.2 Å². The van der Waals surface area contributed by atoms with E-state index in [0.29, 0.717) is 31.9 Å². The van der Waals surface area contributed by atoms with E-state index < -0.39 is 10.0 Å². The number of carbonyl (C=O) groups excluding carboxylic acids is 1. The van der Waals surface area contributed by atoms with Crippen LogP contribution in [0.5, 0.6) is 5.75 Å². The van der Waals surface area contributed by atoms with Gasteiger partial charge in [0, 0.05) is 36.7 Å². The molecule has 0 atom stereocenters. The first kappa shape index (κ1) is 16.5. The third kappa shape index (κ3) is 3.49. The second kappa shape index (κ2) is 6.49. The zero-order valence-electron chi connectivity index (χ0n) is 11.9. The van der Waals surface area contributed by atoms with Crippen molar-refractivity contribution in [3.8, 4) is 5.75 Å². The Balaban J connectivity index is 2.27. The highest BCUT2D eigenvalue weighted by molar-refractivity contribution is 14.1. The van der Waals surface area contributed by atoms with E-state index >= 15 is 0 Å². The van der Waals surface area contributed by atoms with Crippen LogP contribution in [-0.4, -0.2) is 56.8 Å². The number of amides is 1. The van der Waals surface area contributed by atoms with E-state index in [1.807, 2.05) is 0 Å². The molecule has 116 valence electrons. The maximum atomic E-state index is 12.7. The Morgan fingerprint density at radius 2 is 1.86 bits per heavy atom. The van der Waals surface area contributed by atoms with Crippen molar-refractivity contribution in [2.24, 2.45) is 0 Å². The zero-order valence-corrected chi connectivity index (χ0v) is 14.8. The zero-order chi connectivity index (χ0) is 15.6. The highest BCUT2D eigenvalue weighted by atomic mass is 127. The van der Waals surface area contributed by atoms with Gasteiger partial charge in [-0.3, -0.25) is 4.79 Å². The molecule has 6 nitrogen and oxygen atoms in total. The minimum absolute atomic E-state index is 0.0288. The molecule has 1 heterocycles. The van der Waals surface area contributed by atoms with Gasteiger partial charge < -0.3 is 9.64 Å². The molecule has 0 spiro atoms. The Bertz CT molecular complexity index is 640. The van der Waals surface area contributed by atoms with Crippen LogP contribution in [-0.2, 0) is 14.8 Å². The number of benzene rings is 1. The molecule has 0 N–H and O–H groups in total. The third-order valence-corrected chi connectivity index (χ3v) is 6.02. The van der Waals surface area contributed by atoms with Gasteiger partial charge in [-0.2, -0.15) is 4.31 Å². The molecule has 1 fully saturated rings. The fourth-order valence-electron chi connectivity index (χ4n) is 2.23. The molecule has 0 bridgehead atoms. The molecule has 1 aliphatic heterocycles. The topological polar surface area (TPSA) is 66.9 Å². The molecular formula is C13H17IN2O4S. The fourth-order valence-corrected chi connectivity index (χ4v) is 4.54. The summed E-state index contributed by atoms with van der Waals surface area (Å²) in [6.45, 7) is 2.93. The number of rotatable bonds is 3. The molecule has 21 heavy (non-hydrogen) atoms. The number of methoxy groups -OCH3 is 1. The van der Waals surface area contributed by atoms with Crippen molar-refractivity contribution < 1.29 is 17.9 Å². The van der Waals surface area contributed by atoms with Gasteiger partial charge in [-0.15, -0.1) is 0 Å². The maximum absolute atomic E-state index is 12.7. The van der Waals surface area contributed by atoms with E-state index in [0.717, 1.165) is 3.57 Å². The molecule has 0 saturated carbocycles. The van der Waals surface area contributed by atoms with Gasteiger partial charge in [0.25, 0.3) is 0 Å². The number of halogens is 1. The number of nitrogens with zero attached hydrogens (tertiary/aromatic N) is 2. The van der Waals surface area contributed by atoms with E-state index in [4.69, 9.17) is 4.74 Å². The first-order chi connectivity index (χ1) is 9.86. The monoisotopic (exact) mass is 424 g/mol. The van der Waals surface area contributed by atoms with Crippen molar-refractivity contribution in [1.29, 1.82) is 0 Å². The summed E-state index contributed by atoms with van der Waals surface area (Å²) in [7, 11) is -2.16. The molecule has 2 rings (SSSR count). The molecular weight excluding hydrogens is 407 g/mol. The van der Waals surface area contributed by atoms with Crippen LogP contribution >= 0.6 is 22.6 Å². The van der Waals surface area contributed by atoms with Crippen molar-refractivity contribution in [3.63, 3.8) is 0 Å². The average molecular weight is 424 g/mol. The molecule has 0 aromatic heterocycles. The van der Waals surface area contributed by atoms with Crippen LogP contribution in [0.2, 0.25) is 0 Å². The van der Waals surface area contributed by atoms with Crippen molar-refractivity contribution in [2.45, 2.75) is 11.8 Å². The van der Waals surface area contributed by atoms with Crippen molar-refractivity contribution in [2.75, 3.05) is 33.3 Å². The Labute approximate surface area is 138 Å². The predicted molar refractivity (Wildman–Crippen MR) is 86.7 cm³/mol. The molecule has 1 aliphatic rings. The quantitative estimate of drug-likeness (QED) is 0.684. The molecule has 8 heteroatoms. The molecule has 1 aromatic carbocycles. The number of hydrogen-bond acceptors (Lipinski definition) is 4. The minimum atomic E-state index is -3.61. The fraction of sp³-hybridized carbons (Fsp3) is 0.462. The highest BCUT2D eigenvalue weighted by Crippen LogP contribution is 2.29.